The molecule has 7 nitrogen and oxygen atoms in total. The molecule has 0 aliphatic carbocycles. The number of hydrogen-bond donors (Lipinski definition) is 2. The predicted molar refractivity (Wildman–Crippen MR) is 146 cm³/mol. The van der Waals surface area contributed by atoms with E-state index in [2.05, 4.69) is 43.4 Å². The summed E-state index contributed by atoms with van der Waals surface area (Å²) in [4.78, 5) is 25.3. The molecule has 0 aliphatic rings. The van der Waals surface area contributed by atoms with Crippen molar-refractivity contribution in [3.63, 3.8) is 0 Å². The minimum atomic E-state index is -0.401. The van der Waals surface area contributed by atoms with Crippen LogP contribution in [0.5, 0.6) is 0 Å². The maximum atomic E-state index is 12.9. The minimum absolute atomic E-state index is 0.0338. The van der Waals surface area contributed by atoms with E-state index < -0.39 is 6.04 Å². The molecule has 0 bridgehead atoms. The van der Waals surface area contributed by atoms with E-state index in [0.29, 0.717) is 28.1 Å². The van der Waals surface area contributed by atoms with E-state index in [1.165, 1.54) is 17.8 Å². The average Bonchev–Trinajstić information content (AvgIpc) is 3.19. The van der Waals surface area contributed by atoms with Crippen LogP contribution in [-0.4, -0.2) is 32.3 Å². The molecule has 2 aromatic carbocycles. The summed E-state index contributed by atoms with van der Waals surface area (Å²) in [6, 6.07) is 11.9. The van der Waals surface area contributed by atoms with Gasteiger partial charge in [0.05, 0.1) is 22.4 Å². The number of amides is 2. The first-order valence-electron chi connectivity index (χ1n) is 10.6. The topological polar surface area (TPSA) is 88.9 Å². The van der Waals surface area contributed by atoms with Gasteiger partial charge in [-0.2, -0.15) is 0 Å². The van der Waals surface area contributed by atoms with Crippen LogP contribution in [0.2, 0.25) is 10.0 Å². The van der Waals surface area contributed by atoms with Crippen LogP contribution in [0.15, 0.2) is 47.6 Å². The van der Waals surface area contributed by atoms with Crippen LogP contribution in [0.1, 0.15) is 43.0 Å². The lowest BCUT2D eigenvalue weighted by atomic mass is 10.0. The number of anilines is 1. The lowest BCUT2D eigenvalue weighted by Crippen LogP contribution is -2.34. The fourth-order valence-electron chi connectivity index (χ4n) is 3.22. The van der Waals surface area contributed by atoms with Crippen molar-refractivity contribution in [3.05, 3.63) is 67.5 Å². The van der Waals surface area contributed by atoms with Gasteiger partial charge in [0, 0.05) is 20.8 Å². The number of carbonyl (C=O) groups excluding carboxylic acids is 2. The van der Waals surface area contributed by atoms with Gasteiger partial charge in [0.2, 0.25) is 5.91 Å². The van der Waals surface area contributed by atoms with E-state index in [4.69, 9.17) is 23.2 Å². The third-order valence-electron chi connectivity index (χ3n) is 4.93. The molecule has 2 N–H and O–H groups in total. The minimum Gasteiger partial charge on any atom is -0.342 e. The van der Waals surface area contributed by atoms with Crippen molar-refractivity contribution in [2.75, 3.05) is 11.1 Å². The molecule has 0 aliphatic heterocycles. The van der Waals surface area contributed by atoms with Crippen LogP contribution in [-0.2, 0) is 11.3 Å². The van der Waals surface area contributed by atoms with E-state index in [1.54, 1.807) is 12.1 Å². The normalized spacial score (nSPS) is 12.0. The molecule has 1 atom stereocenters. The second kappa shape index (κ2) is 12.2. The summed E-state index contributed by atoms with van der Waals surface area (Å²) >= 11 is 15.7. The lowest BCUT2D eigenvalue weighted by molar-refractivity contribution is -0.113. The highest BCUT2D eigenvalue weighted by Gasteiger charge is 2.27. The Morgan fingerprint density at radius 1 is 1.12 bits per heavy atom. The zero-order valence-electron chi connectivity index (χ0n) is 18.8. The Labute approximate surface area is 226 Å². The predicted octanol–water partition coefficient (Wildman–Crippen LogP) is 6.07. The molecule has 2 amide bonds. The number of nitrogens with zero attached hydrogens (tertiary/aromatic N) is 3. The molecule has 3 aromatic rings. The van der Waals surface area contributed by atoms with Crippen LogP contribution in [0.3, 0.4) is 0 Å². The standard InChI is InChI=1S/C23H24Cl2IN5O2S/c1-4-31-21(20(13(2)3)28-22(33)17-10-5-14(24)11-18(17)25)29-30-23(31)34-12-19(32)27-16-8-6-15(26)7-9-16/h5-11,13,20H,4,12H2,1-3H3,(H,27,32)(H,28,33)/t20-/m0/s1. The fraction of sp³-hybridized carbons (Fsp3) is 0.304. The average molecular weight is 632 g/mol. The smallest absolute Gasteiger partial charge is 0.253 e. The Balaban J connectivity index is 1.72. The maximum absolute atomic E-state index is 12.9. The number of aromatic nitrogens is 3. The van der Waals surface area contributed by atoms with Crippen molar-refractivity contribution in [2.45, 2.75) is 38.5 Å². The van der Waals surface area contributed by atoms with Crippen LogP contribution in [0.25, 0.3) is 0 Å². The van der Waals surface area contributed by atoms with Gasteiger partial charge < -0.3 is 15.2 Å². The molecule has 3 rings (SSSR count). The van der Waals surface area contributed by atoms with Gasteiger partial charge in [0.1, 0.15) is 0 Å². The van der Waals surface area contributed by atoms with Gasteiger partial charge in [0.15, 0.2) is 11.0 Å². The summed E-state index contributed by atoms with van der Waals surface area (Å²) < 4.78 is 3.01. The Morgan fingerprint density at radius 2 is 1.82 bits per heavy atom. The molecular weight excluding hydrogens is 608 g/mol. The molecule has 0 fully saturated rings. The van der Waals surface area contributed by atoms with Gasteiger partial charge in [-0.15, -0.1) is 10.2 Å². The van der Waals surface area contributed by atoms with Crippen molar-refractivity contribution in [1.82, 2.24) is 20.1 Å². The monoisotopic (exact) mass is 631 g/mol. The number of halogens is 3. The van der Waals surface area contributed by atoms with E-state index >= 15 is 0 Å². The van der Waals surface area contributed by atoms with Gasteiger partial charge in [-0.05, 0) is 77.9 Å². The van der Waals surface area contributed by atoms with E-state index in [-0.39, 0.29) is 28.5 Å². The van der Waals surface area contributed by atoms with Crippen molar-refractivity contribution in [2.24, 2.45) is 5.92 Å². The molecule has 1 heterocycles. The SMILES string of the molecule is CCn1c(SCC(=O)Nc2ccc(I)cc2)nnc1[C@@H](NC(=O)c1ccc(Cl)cc1Cl)C(C)C. The summed E-state index contributed by atoms with van der Waals surface area (Å²) in [5.41, 5.74) is 1.08. The summed E-state index contributed by atoms with van der Waals surface area (Å²) in [5, 5.41) is 15.9. The van der Waals surface area contributed by atoms with Gasteiger partial charge in [-0.3, -0.25) is 9.59 Å². The van der Waals surface area contributed by atoms with Crippen molar-refractivity contribution in [3.8, 4) is 0 Å². The molecular formula is C23H24Cl2IN5O2S. The summed E-state index contributed by atoms with van der Waals surface area (Å²) in [6.45, 7) is 6.54. The highest BCUT2D eigenvalue weighted by Crippen LogP contribution is 2.27. The molecule has 0 spiro atoms. The molecule has 0 saturated heterocycles. The Bertz CT molecular complexity index is 1170. The molecule has 0 unspecified atom stereocenters. The van der Waals surface area contributed by atoms with E-state index in [9.17, 15) is 9.59 Å². The number of benzene rings is 2. The van der Waals surface area contributed by atoms with Crippen LogP contribution in [0, 0.1) is 9.49 Å². The number of rotatable bonds is 9. The summed E-state index contributed by atoms with van der Waals surface area (Å²) in [6.07, 6.45) is 0. The lowest BCUT2D eigenvalue weighted by Gasteiger charge is -2.22. The van der Waals surface area contributed by atoms with Gasteiger partial charge >= 0.3 is 0 Å². The Hall–Kier alpha value is -1.82. The van der Waals surface area contributed by atoms with Crippen LogP contribution in [0.4, 0.5) is 5.69 Å². The highest BCUT2D eigenvalue weighted by molar-refractivity contribution is 14.1. The third-order valence-corrected chi connectivity index (χ3v) is 7.16. The van der Waals surface area contributed by atoms with Crippen molar-refractivity contribution in [1.29, 1.82) is 0 Å². The molecule has 1 aromatic heterocycles. The maximum Gasteiger partial charge on any atom is 0.253 e. The number of carbonyl (C=O) groups is 2. The fourth-order valence-corrected chi connectivity index (χ4v) is 4.88. The first-order valence-corrected chi connectivity index (χ1v) is 13.4. The second-order valence-electron chi connectivity index (χ2n) is 7.75. The quantitative estimate of drug-likeness (QED) is 0.221. The zero-order valence-corrected chi connectivity index (χ0v) is 23.3. The molecule has 0 saturated carbocycles. The number of thioether (sulfide) groups is 1. The number of nitrogens with one attached hydrogen (secondary N) is 2. The Morgan fingerprint density at radius 3 is 2.44 bits per heavy atom. The molecule has 34 heavy (non-hydrogen) atoms. The van der Waals surface area contributed by atoms with Gasteiger partial charge in [-0.1, -0.05) is 48.8 Å². The third kappa shape index (κ3) is 6.87. The Kier molecular flexibility index (Phi) is 9.64. The van der Waals surface area contributed by atoms with E-state index in [0.717, 1.165) is 9.26 Å². The van der Waals surface area contributed by atoms with Crippen LogP contribution >= 0.6 is 57.6 Å². The molecule has 11 heteroatoms. The molecule has 180 valence electrons. The largest absolute Gasteiger partial charge is 0.342 e. The van der Waals surface area contributed by atoms with Gasteiger partial charge in [-0.25, -0.2) is 0 Å². The van der Waals surface area contributed by atoms with Gasteiger partial charge in [0.25, 0.3) is 5.91 Å². The summed E-state index contributed by atoms with van der Waals surface area (Å²) in [7, 11) is 0. The van der Waals surface area contributed by atoms with Crippen molar-refractivity contribution >= 4 is 75.1 Å². The first kappa shape index (κ1) is 26.8. The molecule has 0 radical (unpaired) electrons. The van der Waals surface area contributed by atoms with E-state index in [1.807, 2.05) is 49.6 Å². The zero-order chi connectivity index (χ0) is 24.8. The number of hydrogen-bond acceptors (Lipinski definition) is 5. The van der Waals surface area contributed by atoms with Crippen molar-refractivity contribution < 1.29 is 9.59 Å². The summed E-state index contributed by atoms with van der Waals surface area (Å²) in [5.74, 6) is 0.382. The second-order valence-corrected chi connectivity index (χ2v) is 10.8. The van der Waals surface area contributed by atoms with Crippen LogP contribution < -0.4 is 10.6 Å². The first-order chi connectivity index (χ1) is 16.2. The highest BCUT2D eigenvalue weighted by atomic mass is 127.